The molecule has 1 aliphatic carbocycles. The first-order chi connectivity index (χ1) is 8.19. The van der Waals surface area contributed by atoms with Gasteiger partial charge in [-0.3, -0.25) is 4.79 Å². The van der Waals surface area contributed by atoms with Crippen molar-refractivity contribution in [1.82, 2.24) is 10.3 Å². The molecule has 2 rings (SSSR count). The average Bonchev–Trinajstić information content (AvgIpc) is 3.11. The first-order valence-electron chi connectivity index (χ1n) is 5.38. The SMILES string of the molecule is N#Cc1cnc(NCC(=O)NC2CC2)c(N)c1. The molecule has 1 aliphatic rings. The molecule has 1 amide bonds. The van der Waals surface area contributed by atoms with Gasteiger partial charge in [0.2, 0.25) is 5.91 Å². The van der Waals surface area contributed by atoms with E-state index in [9.17, 15) is 4.79 Å². The molecule has 0 aromatic carbocycles. The van der Waals surface area contributed by atoms with Gasteiger partial charge in [-0.1, -0.05) is 0 Å². The van der Waals surface area contributed by atoms with Crippen molar-refractivity contribution in [3.05, 3.63) is 17.8 Å². The zero-order valence-electron chi connectivity index (χ0n) is 9.23. The van der Waals surface area contributed by atoms with Gasteiger partial charge in [-0.05, 0) is 18.9 Å². The molecule has 0 atom stereocenters. The summed E-state index contributed by atoms with van der Waals surface area (Å²) in [5, 5.41) is 14.3. The number of pyridine rings is 1. The summed E-state index contributed by atoms with van der Waals surface area (Å²) >= 11 is 0. The molecule has 0 unspecified atom stereocenters. The summed E-state index contributed by atoms with van der Waals surface area (Å²) in [7, 11) is 0. The summed E-state index contributed by atoms with van der Waals surface area (Å²) in [6.45, 7) is 0.138. The van der Waals surface area contributed by atoms with Crippen LogP contribution in [0.5, 0.6) is 0 Å². The van der Waals surface area contributed by atoms with Gasteiger partial charge in [-0.15, -0.1) is 0 Å². The minimum Gasteiger partial charge on any atom is -0.396 e. The van der Waals surface area contributed by atoms with Gasteiger partial charge in [0, 0.05) is 12.2 Å². The van der Waals surface area contributed by atoms with E-state index in [-0.39, 0.29) is 12.5 Å². The number of anilines is 2. The minimum atomic E-state index is -0.0712. The average molecular weight is 231 g/mol. The Balaban J connectivity index is 1.89. The number of nitrogen functional groups attached to an aromatic ring is 1. The van der Waals surface area contributed by atoms with Gasteiger partial charge in [0.05, 0.1) is 17.8 Å². The molecular weight excluding hydrogens is 218 g/mol. The molecule has 0 saturated heterocycles. The monoisotopic (exact) mass is 231 g/mol. The Hall–Kier alpha value is -2.29. The lowest BCUT2D eigenvalue weighted by Crippen LogP contribution is -2.31. The molecule has 1 aromatic heterocycles. The minimum absolute atomic E-state index is 0.0712. The summed E-state index contributed by atoms with van der Waals surface area (Å²) < 4.78 is 0. The number of nitrogens with zero attached hydrogens (tertiary/aromatic N) is 2. The van der Waals surface area contributed by atoms with Crippen molar-refractivity contribution in [3.63, 3.8) is 0 Å². The number of hydrogen-bond acceptors (Lipinski definition) is 5. The Morgan fingerprint density at radius 1 is 1.65 bits per heavy atom. The van der Waals surface area contributed by atoms with Gasteiger partial charge in [-0.2, -0.15) is 5.26 Å². The van der Waals surface area contributed by atoms with Crippen molar-refractivity contribution < 1.29 is 4.79 Å². The summed E-state index contributed by atoms with van der Waals surface area (Å²) in [4.78, 5) is 15.4. The number of nitriles is 1. The first-order valence-corrected chi connectivity index (χ1v) is 5.38. The second kappa shape index (κ2) is 4.70. The highest BCUT2D eigenvalue weighted by Crippen LogP contribution is 2.18. The zero-order valence-corrected chi connectivity index (χ0v) is 9.23. The quantitative estimate of drug-likeness (QED) is 0.688. The lowest BCUT2D eigenvalue weighted by molar-refractivity contribution is -0.119. The van der Waals surface area contributed by atoms with Gasteiger partial charge < -0.3 is 16.4 Å². The van der Waals surface area contributed by atoms with E-state index in [1.165, 1.54) is 12.3 Å². The fraction of sp³-hybridized carbons (Fsp3) is 0.364. The smallest absolute Gasteiger partial charge is 0.239 e. The van der Waals surface area contributed by atoms with Crippen molar-refractivity contribution in [2.45, 2.75) is 18.9 Å². The molecular formula is C11H13N5O. The van der Waals surface area contributed by atoms with Crippen molar-refractivity contribution in [3.8, 4) is 6.07 Å². The summed E-state index contributed by atoms with van der Waals surface area (Å²) in [6, 6.07) is 3.81. The lowest BCUT2D eigenvalue weighted by atomic mass is 10.3. The maximum absolute atomic E-state index is 11.4. The number of amides is 1. The lowest BCUT2D eigenvalue weighted by Gasteiger charge is -2.08. The van der Waals surface area contributed by atoms with Crippen LogP contribution in [0.1, 0.15) is 18.4 Å². The van der Waals surface area contributed by atoms with E-state index in [4.69, 9.17) is 11.0 Å². The normalized spacial score (nSPS) is 13.8. The fourth-order valence-corrected chi connectivity index (χ4v) is 1.36. The highest BCUT2D eigenvalue weighted by molar-refractivity contribution is 5.82. The third-order valence-corrected chi connectivity index (χ3v) is 2.41. The summed E-state index contributed by atoms with van der Waals surface area (Å²) in [5.41, 5.74) is 6.45. The Kier molecular flexibility index (Phi) is 3.10. The van der Waals surface area contributed by atoms with E-state index < -0.39 is 0 Å². The van der Waals surface area contributed by atoms with Crippen LogP contribution in [-0.4, -0.2) is 23.5 Å². The number of carbonyl (C=O) groups is 1. The Morgan fingerprint density at radius 2 is 2.41 bits per heavy atom. The van der Waals surface area contributed by atoms with Crippen LogP contribution < -0.4 is 16.4 Å². The molecule has 0 aliphatic heterocycles. The van der Waals surface area contributed by atoms with Crippen LogP contribution in [0.2, 0.25) is 0 Å². The third kappa shape index (κ3) is 3.08. The molecule has 0 bridgehead atoms. The first kappa shape index (κ1) is 11.2. The van der Waals surface area contributed by atoms with E-state index in [2.05, 4.69) is 15.6 Å². The maximum Gasteiger partial charge on any atom is 0.239 e. The summed E-state index contributed by atoms with van der Waals surface area (Å²) in [6.07, 6.45) is 3.53. The van der Waals surface area contributed by atoms with Gasteiger partial charge in [-0.25, -0.2) is 4.98 Å². The number of aromatic nitrogens is 1. The van der Waals surface area contributed by atoms with E-state index in [0.29, 0.717) is 23.1 Å². The molecule has 0 spiro atoms. The van der Waals surface area contributed by atoms with E-state index in [1.54, 1.807) is 0 Å². The molecule has 1 heterocycles. The van der Waals surface area contributed by atoms with E-state index in [0.717, 1.165) is 12.8 Å². The van der Waals surface area contributed by atoms with Crippen LogP contribution in [0.25, 0.3) is 0 Å². The van der Waals surface area contributed by atoms with Gasteiger partial charge in [0.1, 0.15) is 11.9 Å². The number of rotatable bonds is 4. The molecule has 6 heteroatoms. The van der Waals surface area contributed by atoms with Crippen molar-refractivity contribution in [2.24, 2.45) is 0 Å². The molecule has 1 saturated carbocycles. The molecule has 4 N–H and O–H groups in total. The zero-order chi connectivity index (χ0) is 12.3. The Bertz CT molecular complexity index is 475. The number of nitrogens with two attached hydrogens (primary N) is 1. The Morgan fingerprint density at radius 3 is 3.00 bits per heavy atom. The topological polar surface area (TPSA) is 104 Å². The molecule has 1 aromatic rings. The number of nitrogens with one attached hydrogen (secondary N) is 2. The largest absolute Gasteiger partial charge is 0.396 e. The molecule has 1 fully saturated rings. The Labute approximate surface area is 98.8 Å². The van der Waals surface area contributed by atoms with Crippen LogP contribution in [0, 0.1) is 11.3 Å². The predicted octanol–water partition coefficient (Wildman–Crippen LogP) is 0.226. The second-order valence-corrected chi connectivity index (χ2v) is 3.97. The number of hydrogen-bond donors (Lipinski definition) is 3. The number of carbonyl (C=O) groups excluding carboxylic acids is 1. The highest BCUT2D eigenvalue weighted by atomic mass is 16.2. The maximum atomic E-state index is 11.4. The molecule has 6 nitrogen and oxygen atoms in total. The van der Waals surface area contributed by atoms with Gasteiger partial charge in [0.25, 0.3) is 0 Å². The van der Waals surface area contributed by atoms with E-state index >= 15 is 0 Å². The van der Waals surface area contributed by atoms with Crippen LogP contribution in [0.3, 0.4) is 0 Å². The standard InChI is InChI=1S/C11H13N5O/c12-4-7-3-9(13)11(14-5-7)15-6-10(17)16-8-1-2-8/h3,5,8H,1-2,6,13H2,(H,14,15)(H,16,17). The van der Waals surface area contributed by atoms with Crippen LogP contribution in [-0.2, 0) is 4.79 Å². The van der Waals surface area contributed by atoms with Crippen molar-refractivity contribution >= 4 is 17.4 Å². The third-order valence-electron chi connectivity index (χ3n) is 2.41. The van der Waals surface area contributed by atoms with Crippen molar-refractivity contribution in [2.75, 3.05) is 17.6 Å². The molecule has 0 radical (unpaired) electrons. The molecule has 17 heavy (non-hydrogen) atoms. The highest BCUT2D eigenvalue weighted by Gasteiger charge is 2.22. The molecule has 88 valence electrons. The van der Waals surface area contributed by atoms with E-state index in [1.807, 2.05) is 6.07 Å². The predicted molar refractivity (Wildman–Crippen MR) is 63.0 cm³/mol. The van der Waals surface area contributed by atoms with Gasteiger partial charge in [0.15, 0.2) is 0 Å². The van der Waals surface area contributed by atoms with Crippen molar-refractivity contribution in [1.29, 1.82) is 5.26 Å². The van der Waals surface area contributed by atoms with Gasteiger partial charge >= 0.3 is 0 Å². The summed E-state index contributed by atoms with van der Waals surface area (Å²) in [5.74, 6) is 0.355. The van der Waals surface area contributed by atoms with Crippen LogP contribution >= 0.6 is 0 Å². The fourth-order valence-electron chi connectivity index (χ4n) is 1.36. The second-order valence-electron chi connectivity index (χ2n) is 3.97. The van der Waals surface area contributed by atoms with Crippen LogP contribution in [0.15, 0.2) is 12.3 Å². The van der Waals surface area contributed by atoms with Crippen LogP contribution in [0.4, 0.5) is 11.5 Å².